The summed E-state index contributed by atoms with van der Waals surface area (Å²) in [6.45, 7) is 4.08. The minimum Gasteiger partial charge on any atom is -0.335 e. The number of hydrogen-bond donors (Lipinski definition) is 0. The van der Waals surface area contributed by atoms with Crippen molar-refractivity contribution in [3.8, 4) is 6.07 Å². The molecule has 1 amide bonds. The number of carbonyl (C=O) groups excluding carboxylic acids is 1. The van der Waals surface area contributed by atoms with Crippen LogP contribution in [0.15, 0.2) is 22.7 Å². The van der Waals surface area contributed by atoms with Crippen LogP contribution in [0.5, 0.6) is 0 Å². The first-order valence-corrected chi connectivity index (χ1v) is 6.39. The normalized spacial score (nSPS) is 10.2. The van der Waals surface area contributed by atoms with Crippen LogP contribution in [-0.2, 0) is 0 Å². The summed E-state index contributed by atoms with van der Waals surface area (Å²) in [5.74, 6) is -0.725. The Labute approximate surface area is 114 Å². The van der Waals surface area contributed by atoms with Crippen molar-refractivity contribution in [1.82, 2.24) is 4.90 Å². The molecular weight excluding hydrogens is 299 g/mol. The van der Waals surface area contributed by atoms with Crippen LogP contribution in [-0.4, -0.2) is 23.4 Å². The third-order valence-corrected chi connectivity index (χ3v) is 3.16. The summed E-state index contributed by atoms with van der Waals surface area (Å²) in [6.07, 6.45) is 0.267. The molecule has 0 atom stereocenters. The quantitative estimate of drug-likeness (QED) is 0.855. The van der Waals surface area contributed by atoms with Gasteiger partial charge in [0.05, 0.1) is 17.0 Å². The lowest BCUT2D eigenvalue weighted by molar-refractivity contribution is 0.0709. The van der Waals surface area contributed by atoms with E-state index in [1.54, 1.807) is 11.0 Å². The van der Waals surface area contributed by atoms with E-state index in [2.05, 4.69) is 15.9 Å². The molecule has 0 aliphatic heterocycles. The minimum absolute atomic E-state index is 0.0300. The Morgan fingerprint density at radius 3 is 2.72 bits per heavy atom. The smallest absolute Gasteiger partial charge is 0.254 e. The standard InChI is InChI=1S/C13H14BrFN2O/c1-9(2)17(7-3-6-16)13(18)10-4-5-11(14)12(15)8-10/h4-5,8-9H,3,7H2,1-2H3. The highest BCUT2D eigenvalue weighted by atomic mass is 79.9. The number of nitrogens with zero attached hydrogens (tertiary/aromatic N) is 2. The van der Waals surface area contributed by atoms with Crippen LogP contribution in [0.1, 0.15) is 30.6 Å². The van der Waals surface area contributed by atoms with Gasteiger partial charge in [0.2, 0.25) is 0 Å². The zero-order valence-electron chi connectivity index (χ0n) is 10.3. The lowest BCUT2D eigenvalue weighted by Crippen LogP contribution is -2.37. The predicted molar refractivity (Wildman–Crippen MR) is 70.5 cm³/mol. The summed E-state index contributed by atoms with van der Waals surface area (Å²) >= 11 is 3.04. The zero-order valence-corrected chi connectivity index (χ0v) is 11.9. The van der Waals surface area contributed by atoms with Crippen LogP contribution in [0.2, 0.25) is 0 Å². The van der Waals surface area contributed by atoms with Gasteiger partial charge in [-0.15, -0.1) is 0 Å². The maximum absolute atomic E-state index is 13.4. The Kier molecular flexibility index (Phi) is 5.29. The Bertz CT molecular complexity index is 482. The maximum Gasteiger partial charge on any atom is 0.254 e. The first-order chi connectivity index (χ1) is 8.47. The monoisotopic (exact) mass is 312 g/mol. The second kappa shape index (κ2) is 6.50. The van der Waals surface area contributed by atoms with Gasteiger partial charge < -0.3 is 4.90 Å². The van der Waals surface area contributed by atoms with Gasteiger partial charge in [-0.3, -0.25) is 4.79 Å². The van der Waals surface area contributed by atoms with Gasteiger partial charge >= 0.3 is 0 Å². The van der Waals surface area contributed by atoms with Crippen LogP contribution < -0.4 is 0 Å². The lowest BCUT2D eigenvalue weighted by atomic mass is 10.1. The molecule has 0 N–H and O–H groups in total. The molecule has 0 radical (unpaired) electrons. The molecule has 5 heteroatoms. The largest absolute Gasteiger partial charge is 0.335 e. The van der Waals surface area contributed by atoms with E-state index in [0.717, 1.165) is 0 Å². The summed E-state index contributed by atoms with van der Waals surface area (Å²) in [5, 5.41) is 8.58. The Morgan fingerprint density at radius 1 is 1.56 bits per heavy atom. The van der Waals surface area contributed by atoms with Gasteiger partial charge in [-0.05, 0) is 48.0 Å². The fourth-order valence-corrected chi connectivity index (χ4v) is 1.81. The van der Waals surface area contributed by atoms with Gasteiger partial charge in [0.1, 0.15) is 5.82 Å². The number of hydrogen-bond acceptors (Lipinski definition) is 2. The zero-order chi connectivity index (χ0) is 13.7. The van der Waals surface area contributed by atoms with Crippen molar-refractivity contribution in [2.75, 3.05) is 6.54 Å². The molecule has 0 aliphatic carbocycles. The average Bonchev–Trinajstić information content (AvgIpc) is 2.32. The van der Waals surface area contributed by atoms with Crippen molar-refractivity contribution in [3.05, 3.63) is 34.1 Å². The van der Waals surface area contributed by atoms with Crippen molar-refractivity contribution < 1.29 is 9.18 Å². The number of halogens is 2. The fraction of sp³-hybridized carbons (Fsp3) is 0.385. The van der Waals surface area contributed by atoms with E-state index < -0.39 is 5.82 Å². The van der Waals surface area contributed by atoms with Gasteiger partial charge in [-0.2, -0.15) is 5.26 Å². The molecule has 18 heavy (non-hydrogen) atoms. The van der Waals surface area contributed by atoms with E-state index >= 15 is 0 Å². The Morgan fingerprint density at radius 2 is 2.22 bits per heavy atom. The first kappa shape index (κ1) is 14.7. The molecule has 1 aromatic carbocycles. The van der Waals surface area contributed by atoms with E-state index in [4.69, 9.17) is 5.26 Å². The van der Waals surface area contributed by atoms with Crippen molar-refractivity contribution >= 4 is 21.8 Å². The number of benzene rings is 1. The molecule has 96 valence electrons. The summed E-state index contributed by atoms with van der Waals surface area (Å²) in [7, 11) is 0. The van der Waals surface area contributed by atoms with Gasteiger partial charge in [0.15, 0.2) is 0 Å². The number of amides is 1. The SMILES string of the molecule is CC(C)N(CCC#N)C(=O)c1ccc(Br)c(F)c1. The Hall–Kier alpha value is -1.41. The van der Waals surface area contributed by atoms with Gasteiger partial charge in [-0.1, -0.05) is 0 Å². The molecule has 0 saturated carbocycles. The second-order valence-electron chi connectivity index (χ2n) is 4.13. The molecular formula is C13H14BrFN2O. The fourth-order valence-electron chi connectivity index (χ4n) is 1.56. The van der Waals surface area contributed by atoms with Crippen LogP contribution in [0.4, 0.5) is 4.39 Å². The number of rotatable bonds is 4. The maximum atomic E-state index is 13.4. The number of nitriles is 1. The van der Waals surface area contributed by atoms with Crippen LogP contribution >= 0.6 is 15.9 Å². The molecule has 1 aromatic rings. The average molecular weight is 313 g/mol. The van der Waals surface area contributed by atoms with E-state index in [0.29, 0.717) is 16.6 Å². The molecule has 0 saturated heterocycles. The highest BCUT2D eigenvalue weighted by molar-refractivity contribution is 9.10. The minimum atomic E-state index is -0.468. The summed E-state index contributed by atoms with van der Waals surface area (Å²) in [5.41, 5.74) is 0.294. The Balaban J connectivity index is 2.95. The van der Waals surface area contributed by atoms with Crippen molar-refractivity contribution in [3.63, 3.8) is 0 Å². The summed E-state index contributed by atoms with van der Waals surface area (Å²) in [4.78, 5) is 13.8. The molecule has 3 nitrogen and oxygen atoms in total. The van der Waals surface area contributed by atoms with E-state index in [9.17, 15) is 9.18 Å². The molecule has 0 spiro atoms. The van der Waals surface area contributed by atoms with Gasteiger partial charge in [-0.25, -0.2) is 4.39 Å². The van der Waals surface area contributed by atoms with E-state index in [-0.39, 0.29) is 18.4 Å². The van der Waals surface area contributed by atoms with E-state index in [1.165, 1.54) is 12.1 Å². The molecule has 1 rings (SSSR count). The third kappa shape index (κ3) is 3.54. The summed E-state index contributed by atoms with van der Waals surface area (Å²) < 4.78 is 13.7. The van der Waals surface area contributed by atoms with Crippen LogP contribution in [0.3, 0.4) is 0 Å². The molecule has 0 fully saturated rings. The predicted octanol–water partition coefficient (Wildman–Crippen LogP) is 3.35. The summed E-state index contributed by atoms with van der Waals surface area (Å²) in [6, 6.07) is 6.25. The molecule has 0 aromatic heterocycles. The second-order valence-corrected chi connectivity index (χ2v) is 4.98. The van der Waals surface area contributed by atoms with Crippen LogP contribution in [0, 0.1) is 17.1 Å². The van der Waals surface area contributed by atoms with Crippen LogP contribution in [0.25, 0.3) is 0 Å². The molecule has 0 bridgehead atoms. The van der Waals surface area contributed by atoms with Gasteiger partial charge in [0, 0.05) is 18.2 Å². The topological polar surface area (TPSA) is 44.1 Å². The van der Waals surface area contributed by atoms with Crippen molar-refractivity contribution in [2.45, 2.75) is 26.3 Å². The molecule has 0 unspecified atom stereocenters. The van der Waals surface area contributed by atoms with E-state index in [1.807, 2.05) is 19.9 Å². The highest BCUT2D eigenvalue weighted by Crippen LogP contribution is 2.18. The third-order valence-electron chi connectivity index (χ3n) is 2.52. The molecule has 0 aliphatic rings. The van der Waals surface area contributed by atoms with Crippen molar-refractivity contribution in [1.29, 1.82) is 5.26 Å². The van der Waals surface area contributed by atoms with Gasteiger partial charge in [0.25, 0.3) is 5.91 Å². The highest BCUT2D eigenvalue weighted by Gasteiger charge is 2.19. The lowest BCUT2D eigenvalue weighted by Gasteiger charge is -2.26. The number of carbonyl (C=O) groups is 1. The van der Waals surface area contributed by atoms with Crippen molar-refractivity contribution in [2.24, 2.45) is 0 Å². The first-order valence-electron chi connectivity index (χ1n) is 5.60. The molecule has 0 heterocycles.